The van der Waals surface area contributed by atoms with E-state index in [1.165, 1.54) is 6.08 Å². The number of carbonyl (C=O) groups is 3. The van der Waals surface area contributed by atoms with Crippen LogP contribution in [0.4, 0.5) is 0 Å². The van der Waals surface area contributed by atoms with E-state index < -0.39 is 28.8 Å². The van der Waals surface area contributed by atoms with Crippen molar-refractivity contribution in [1.82, 2.24) is 0 Å². The van der Waals surface area contributed by atoms with Gasteiger partial charge in [-0.25, -0.2) is 14.4 Å². The summed E-state index contributed by atoms with van der Waals surface area (Å²) >= 11 is 1.11. The zero-order valence-corrected chi connectivity index (χ0v) is 19.2. The molecule has 0 aliphatic heterocycles. The van der Waals surface area contributed by atoms with Crippen LogP contribution in [0.1, 0.15) is 31.6 Å². The van der Waals surface area contributed by atoms with Gasteiger partial charge >= 0.3 is 17.9 Å². The van der Waals surface area contributed by atoms with Crippen molar-refractivity contribution in [3.05, 3.63) is 60.2 Å². The summed E-state index contributed by atoms with van der Waals surface area (Å²) in [5, 5.41) is 12.2. The average molecular weight is 461 g/mol. The molecule has 0 fully saturated rings. The lowest BCUT2D eigenvalue weighted by Gasteiger charge is -2.31. The van der Waals surface area contributed by atoms with E-state index in [1.54, 1.807) is 32.9 Å². The topological polar surface area (TPSA) is 99.1 Å². The smallest absolute Gasteiger partial charge is 0.351 e. The van der Waals surface area contributed by atoms with Crippen LogP contribution in [0.2, 0.25) is 0 Å². The van der Waals surface area contributed by atoms with Crippen molar-refractivity contribution in [2.75, 3.05) is 25.6 Å². The molecular weight excluding hydrogens is 432 g/mol. The fourth-order valence-electron chi connectivity index (χ4n) is 3.10. The zero-order chi connectivity index (χ0) is 23.6. The molecule has 2 rings (SSSR count). The van der Waals surface area contributed by atoms with Gasteiger partial charge in [0, 0.05) is 11.8 Å². The van der Waals surface area contributed by atoms with Gasteiger partial charge in [0.1, 0.15) is 0 Å². The van der Waals surface area contributed by atoms with Gasteiger partial charge in [0.2, 0.25) is 0 Å². The van der Waals surface area contributed by atoms with Gasteiger partial charge in [-0.2, -0.15) is 0 Å². The first-order valence-corrected chi connectivity index (χ1v) is 11.4. The van der Waals surface area contributed by atoms with Gasteiger partial charge < -0.3 is 19.3 Å². The molecule has 8 heteroatoms. The Balaban J connectivity index is 2.48. The quantitative estimate of drug-likeness (QED) is 0.235. The number of carbonyl (C=O) groups excluding carboxylic acids is 3. The molecule has 0 aromatic heterocycles. The predicted molar refractivity (Wildman–Crippen MR) is 123 cm³/mol. The van der Waals surface area contributed by atoms with Crippen LogP contribution in [-0.4, -0.2) is 54.2 Å². The van der Waals surface area contributed by atoms with Crippen molar-refractivity contribution in [2.45, 2.75) is 31.6 Å². The Labute approximate surface area is 191 Å². The molecule has 7 nitrogen and oxygen atoms in total. The van der Waals surface area contributed by atoms with E-state index in [0.29, 0.717) is 5.56 Å². The Hall–Kier alpha value is -2.84. The van der Waals surface area contributed by atoms with Crippen LogP contribution in [0, 0.1) is 0 Å². The lowest BCUT2D eigenvalue weighted by molar-refractivity contribution is -0.183. The van der Waals surface area contributed by atoms with Crippen LogP contribution in [0.5, 0.6) is 0 Å². The van der Waals surface area contributed by atoms with E-state index in [0.717, 1.165) is 22.5 Å². The molecule has 0 spiro atoms. The van der Waals surface area contributed by atoms with E-state index in [-0.39, 0.29) is 25.6 Å². The van der Waals surface area contributed by atoms with E-state index in [4.69, 9.17) is 14.2 Å². The van der Waals surface area contributed by atoms with Crippen molar-refractivity contribution in [3.8, 4) is 0 Å². The maximum atomic E-state index is 12.8. The minimum atomic E-state index is -2.57. The van der Waals surface area contributed by atoms with Crippen LogP contribution in [0.3, 0.4) is 0 Å². The van der Waals surface area contributed by atoms with Crippen LogP contribution >= 0.6 is 11.8 Å². The lowest BCUT2D eigenvalue weighted by atomic mass is 9.92. The highest BCUT2D eigenvalue weighted by molar-refractivity contribution is 7.99. The van der Waals surface area contributed by atoms with Gasteiger partial charge in [0.15, 0.2) is 0 Å². The van der Waals surface area contributed by atoms with Crippen LogP contribution in [0.15, 0.2) is 54.6 Å². The molecule has 0 saturated heterocycles. The summed E-state index contributed by atoms with van der Waals surface area (Å²) in [5.41, 5.74) is -2.03. The Kier molecular flexibility index (Phi) is 9.74. The summed E-state index contributed by atoms with van der Waals surface area (Å²) < 4.78 is 14.9. The molecule has 0 radical (unpaired) electrons. The van der Waals surface area contributed by atoms with Gasteiger partial charge in [0.25, 0.3) is 5.60 Å². The first kappa shape index (κ1) is 25.4. The van der Waals surface area contributed by atoms with Crippen LogP contribution in [-0.2, 0) is 28.6 Å². The Morgan fingerprint density at radius 3 is 2.12 bits per heavy atom. The Bertz CT molecular complexity index is 952. The molecule has 2 aromatic carbocycles. The summed E-state index contributed by atoms with van der Waals surface area (Å²) in [7, 11) is 0. The number of ether oxygens (including phenoxy) is 3. The van der Waals surface area contributed by atoms with Gasteiger partial charge in [-0.15, -0.1) is 11.8 Å². The molecule has 0 saturated carbocycles. The molecule has 32 heavy (non-hydrogen) atoms. The van der Waals surface area contributed by atoms with Gasteiger partial charge in [-0.3, -0.25) is 0 Å². The van der Waals surface area contributed by atoms with E-state index >= 15 is 0 Å². The minimum absolute atomic E-state index is 0.0155. The highest BCUT2D eigenvalue weighted by atomic mass is 32.2. The third-order valence-electron chi connectivity index (χ3n) is 4.53. The van der Waals surface area contributed by atoms with Crippen LogP contribution in [0.25, 0.3) is 10.8 Å². The Morgan fingerprint density at radius 1 is 0.938 bits per heavy atom. The summed E-state index contributed by atoms with van der Waals surface area (Å²) in [5.74, 6) is -2.45. The van der Waals surface area contributed by atoms with Crippen molar-refractivity contribution in [1.29, 1.82) is 0 Å². The van der Waals surface area contributed by atoms with E-state index in [9.17, 15) is 19.5 Å². The molecule has 2 aromatic rings. The SMILES string of the molecule is CCOC(=O)/C=C/CSC(c1ccc2ccccc2c1)C(O)(C(=O)OCC)C(=O)OCC. The van der Waals surface area contributed by atoms with Crippen molar-refractivity contribution in [2.24, 2.45) is 0 Å². The molecule has 0 aliphatic carbocycles. The summed E-state index contributed by atoms with van der Waals surface area (Å²) in [6.07, 6.45) is 2.81. The summed E-state index contributed by atoms with van der Waals surface area (Å²) in [6, 6.07) is 13.0. The number of benzene rings is 2. The van der Waals surface area contributed by atoms with Crippen molar-refractivity contribution >= 4 is 40.4 Å². The van der Waals surface area contributed by atoms with Crippen molar-refractivity contribution in [3.63, 3.8) is 0 Å². The normalized spacial score (nSPS) is 12.5. The second-order valence-corrected chi connectivity index (χ2v) is 7.82. The average Bonchev–Trinajstić information content (AvgIpc) is 2.78. The number of hydrogen-bond donors (Lipinski definition) is 1. The third-order valence-corrected chi connectivity index (χ3v) is 5.86. The van der Waals surface area contributed by atoms with E-state index in [1.807, 2.05) is 36.4 Å². The molecular formula is C24H28O7S. The number of rotatable bonds is 11. The highest BCUT2D eigenvalue weighted by Crippen LogP contribution is 2.41. The second kappa shape index (κ2) is 12.3. The highest BCUT2D eigenvalue weighted by Gasteiger charge is 2.54. The van der Waals surface area contributed by atoms with Gasteiger partial charge in [-0.05, 0) is 43.2 Å². The fourth-order valence-corrected chi connectivity index (χ4v) is 4.27. The van der Waals surface area contributed by atoms with Gasteiger partial charge in [-0.1, -0.05) is 42.5 Å². The number of hydrogen-bond acceptors (Lipinski definition) is 8. The number of aliphatic hydroxyl groups is 1. The minimum Gasteiger partial charge on any atom is -0.463 e. The fraction of sp³-hybridized carbons (Fsp3) is 0.375. The molecule has 0 aliphatic rings. The van der Waals surface area contributed by atoms with Crippen molar-refractivity contribution < 1.29 is 33.7 Å². The number of thioether (sulfide) groups is 1. The lowest BCUT2D eigenvalue weighted by Crippen LogP contribution is -2.52. The summed E-state index contributed by atoms with van der Waals surface area (Å²) in [4.78, 5) is 37.2. The monoisotopic (exact) mass is 460 g/mol. The maximum Gasteiger partial charge on any atom is 0.351 e. The first-order chi connectivity index (χ1) is 15.4. The number of esters is 3. The molecule has 1 atom stereocenters. The molecule has 0 amide bonds. The summed E-state index contributed by atoms with van der Waals surface area (Å²) in [6.45, 7) is 5.10. The van der Waals surface area contributed by atoms with Crippen LogP contribution < -0.4 is 0 Å². The largest absolute Gasteiger partial charge is 0.463 e. The first-order valence-electron chi connectivity index (χ1n) is 10.4. The number of fused-ring (bicyclic) bond motifs is 1. The standard InChI is InChI=1S/C24H28O7S/c1-4-29-20(25)12-9-15-32-21(19-14-13-17-10-7-8-11-18(17)16-19)24(28,22(26)30-5-2)23(27)31-6-3/h7-14,16,21,28H,4-6,15H2,1-3H3/b12-9+. The maximum absolute atomic E-state index is 12.8. The molecule has 1 N–H and O–H groups in total. The molecule has 0 heterocycles. The second-order valence-electron chi connectivity index (χ2n) is 6.68. The molecule has 1 unspecified atom stereocenters. The predicted octanol–water partition coefficient (Wildman–Crippen LogP) is 3.59. The molecule has 172 valence electrons. The molecule has 0 bridgehead atoms. The Morgan fingerprint density at radius 2 is 1.53 bits per heavy atom. The van der Waals surface area contributed by atoms with E-state index in [2.05, 4.69) is 0 Å². The zero-order valence-electron chi connectivity index (χ0n) is 18.4. The third kappa shape index (κ3) is 6.11. The van der Waals surface area contributed by atoms with Gasteiger partial charge in [0.05, 0.1) is 25.1 Å².